The topological polar surface area (TPSA) is 180 Å². The summed E-state index contributed by atoms with van der Waals surface area (Å²) in [6.45, 7) is 11.4. The van der Waals surface area contributed by atoms with Crippen LogP contribution < -0.4 is 16.0 Å². The minimum absolute atomic E-state index is 0.0825. The van der Waals surface area contributed by atoms with Gasteiger partial charge in [-0.15, -0.1) is 11.3 Å². The normalized spacial score (nSPS) is 12.8. The number of thiazole rings is 1. The maximum Gasteiger partial charge on any atom is 0.407 e. The second kappa shape index (κ2) is 17.7. The van der Waals surface area contributed by atoms with E-state index in [2.05, 4.69) is 20.9 Å². The first-order valence-electron chi connectivity index (χ1n) is 14.5. The molecule has 0 spiro atoms. The fourth-order valence-corrected chi connectivity index (χ4v) is 5.25. The van der Waals surface area contributed by atoms with E-state index in [0.29, 0.717) is 11.6 Å². The molecule has 1 heterocycles. The van der Waals surface area contributed by atoms with E-state index in [1.165, 1.54) is 25.4 Å². The lowest BCUT2D eigenvalue weighted by Crippen LogP contribution is -2.56. The minimum atomic E-state index is -2.35. The zero-order valence-electron chi connectivity index (χ0n) is 27.5. The number of carbonyl (C=O) groups excluding carboxylic acids is 5. The van der Waals surface area contributed by atoms with Crippen molar-refractivity contribution in [2.45, 2.75) is 64.5 Å². The van der Waals surface area contributed by atoms with Crippen LogP contribution in [-0.2, 0) is 44.3 Å². The second-order valence-corrected chi connectivity index (χ2v) is 17.4. The fraction of sp³-hybridized carbons (Fsp3) is 0.533. The van der Waals surface area contributed by atoms with Gasteiger partial charge in [-0.2, -0.15) is 0 Å². The molecule has 0 saturated heterocycles. The Bertz CT molecular complexity index is 1340. The number of carbonyl (C=O) groups is 5. The molecule has 0 bridgehead atoms. The lowest BCUT2D eigenvalue weighted by molar-refractivity contribution is -0.151. The van der Waals surface area contributed by atoms with Gasteiger partial charge in [0.05, 0.1) is 20.3 Å². The molecule has 0 saturated carbocycles. The van der Waals surface area contributed by atoms with Gasteiger partial charge in [0, 0.05) is 31.5 Å². The Balaban J connectivity index is 2.16. The smallest absolute Gasteiger partial charge is 0.407 e. The predicted octanol–water partition coefficient (Wildman–Crippen LogP) is 3.02. The van der Waals surface area contributed by atoms with Crippen LogP contribution in [0.3, 0.4) is 0 Å². The molecule has 0 aliphatic rings. The standard InChI is InChI=1S/C30H44N4O10SSi/c1-19(35)43-16-23(28(38)41-6)33-25(36)22(17-44-46(7,8)30(2,3)4)32-26(37)24-18-45-27(34-24)21-11-9-20(10-12-21)15-31-29(39)42-14-13-40-5/h9-12,18,22-23H,13-17H2,1-8H3,(H,31,39)(H,32,37)(H,33,36)/t22-,23-/m0/s1. The SMILES string of the molecule is COCCOC(=O)NCc1ccc(-c2nc(C(=O)N[C@@H](CO[Si](C)(C)C(C)(C)C)C(=O)N[C@@H](COC(C)=O)C(=O)OC)cs2)cc1. The average Bonchev–Trinajstić information content (AvgIpc) is 3.50. The van der Waals surface area contributed by atoms with Gasteiger partial charge in [-0.3, -0.25) is 14.4 Å². The van der Waals surface area contributed by atoms with E-state index in [9.17, 15) is 24.0 Å². The number of benzene rings is 1. The summed E-state index contributed by atoms with van der Waals surface area (Å²) >= 11 is 1.24. The molecule has 254 valence electrons. The highest BCUT2D eigenvalue weighted by atomic mass is 32.1. The Hall–Kier alpha value is -3.86. The molecule has 0 aliphatic carbocycles. The van der Waals surface area contributed by atoms with Crippen LogP contribution in [0.2, 0.25) is 18.1 Å². The maximum absolute atomic E-state index is 13.4. The number of alkyl carbamates (subject to hydrolysis) is 1. The summed E-state index contributed by atoms with van der Waals surface area (Å²) < 4.78 is 25.7. The second-order valence-electron chi connectivity index (χ2n) is 11.7. The summed E-state index contributed by atoms with van der Waals surface area (Å²) in [7, 11) is 0.308. The third kappa shape index (κ3) is 12.1. The molecule has 2 aromatic rings. The number of aromatic nitrogens is 1. The van der Waals surface area contributed by atoms with Crippen LogP contribution in [0.5, 0.6) is 0 Å². The van der Waals surface area contributed by atoms with Gasteiger partial charge in [-0.05, 0) is 23.7 Å². The number of esters is 2. The summed E-state index contributed by atoms with van der Waals surface area (Å²) in [6, 6.07) is 4.76. The van der Waals surface area contributed by atoms with Gasteiger partial charge in [0.1, 0.15) is 30.0 Å². The molecular formula is C30H44N4O10SSi. The molecule has 0 radical (unpaired) electrons. The molecule has 1 aromatic heterocycles. The van der Waals surface area contributed by atoms with Crippen molar-refractivity contribution in [1.29, 1.82) is 0 Å². The highest BCUT2D eigenvalue weighted by molar-refractivity contribution is 7.13. The third-order valence-corrected chi connectivity index (χ3v) is 12.6. The quantitative estimate of drug-likeness (QED) is 0.103. The van der Waals surface area contributed by atoms with E-state index in [4.69, 9.17) is 23.4 Å². The fourth-order valence-electron chi connectivity index (χ4n) is 3.43. The Kier molecular flexibility index (Phi) is 14.8. The largest absolute Gasteiger partial charge is 0.467 e. The molecule has 16 heteroatoms. The van der Waals surface area contributed by atoms with E-state index in [-0.39, 0.29) is 30.5 Å². The van der Waals surface area contributed by atoms with Crippen molar-refractivity contribution in [2.24, 2.45) is 0 Å². The number of nitrogens with one attached hydrogen (secondary N) is 3. The molecule has 46 heavy (non-hydrogen) atoms. The molecule has 0 aliphatic heterocycles. The Morgan fingerprint density at radius 3 is 2.20 bits per heavy atom. The molecule has 0 fully saturated rings. The summed E-state index contributed by atoms with van der Waals surface area (Å²) in [5, 5.41) is 9.78. The minimum Gasteiger partial charge on any atom is -0.467 e. The number of methoxy groups -OCH3 is 2. The maximum atomic E-state index is 13.4. The van der Waals surface area contributed by atoms with Gasteiger partial charge in [0.15, 0.2) is 14.4 Å². The van der Waals surface area contributed by atoms with Crippen LogP contribution in [0.1, 0.15) is 43.7 Å². The molecule has 1 aromatic carbocycles. The third-order valence-electron chi connectivity index (χ3n) is 7.19. The van der Waals surface area contributed by atoms with Crippen molar-refractivity contribution in [3.63, 3.8) is 0 Å². The number of hydrogen-bond acceptors (Lipinski definition) is 12. The van der Waals surface area contributed by atoms with Gasteiger partial charge < -0.3 is 39.3 Å². The van der Waals surface area contributed by atoms with E-state index >= 15 is 0 Å². The molecule has 2 rings (SSSR count). The van der Waals surface area contributed by atoms with E-state index in [1.807, 2.05) is 58.1 Å². The zero-order valence-corrected chi connectivity index (χ0v) is 29.3. The van der Waals surface area contributed by atoms with Gasteiger partial charge >= 0.3 is 18.0 Å². The Morgan fingerprint density at radius 1 is 0.935 bits per heavy atom. The number of ether oxygens (including phenoxy) is 4. The summed E-state index contributed by atoms with van der Waals surface area (Å²) in [6.07, 6.45) is -0.552. The lowest BCUT2D eigenvalue weighted by atomic mass is 10.1. The molecule has 0 unspecified atom stereocenters. The summed E-state index contributed by atoms with van der Waals surface area (Å²) in [4.78, 5) is 66.5. The monoisotopic (exact) mass is 680 g/mol. The van der Waals surface area contributed by atoms with E-state index < -0.39 is 56.9 Å². The van der Waals surface area contributed by atoms with Crippen LogP contribution in [0.15, 0.2) is 29.6 Å². The first kappa shape index (κ1) is 38.3. The number of rotatable bonds is 16. The van der Waals surface area contributed by atoms with Crippen molar-refractivity contribution in [2.75, 3.05) is 40.6 Å². The molecule has 3 amide bonds. The van der Waals surface area contributed by atoms with Crippen LogP contribution in [-0.4, -0.2) is 95.9 Å². The number of hydrogen-bond donors (Lipinski definition) is 3. The van der Waals surface area contributed by atoms with Crippen molar-refractivity contribution in [1.82, 2.24) is 20.9 Å². The number of amides is 3. The highest BCUT2D eigenvalue weighted by Crippen LogP contribution is 2.36. The highest BCUT2D eigenvalue weighted by Gasteiger charge is 2.39. The first-order valence-corrected chi connectivity index (χ1v) is 18.3. The zero-order chi connectivity index (χ0) is 34.5. The van der Waals surface area contributed by atoms with Crippen molar-refractivity contribution < 1.29 is 47.3 Å². The van der Waals surface area contributed by atoms with Crippen LogP contribution in [0.25, 0.3) is 10.6 Å². The van der Waals surface area contributed by atoms with E-state index in [0.717, 1.165) is 18.2 Å². The van der Waals surface area contributed by atoms with Crippen molar-refractivity contribution in [3.8, 4) is 10.6 Å². The molecule has 14 nitrogen and oxygen atoms in total. The van der Waals surface area contributed by atoms with Crippen LogP contribution in [0.4, 0.5) is 4.79 Å². The Labute approximate surface area is 274 Å². The van der Waals surface area contributed by atoms with Gasteiger partial charge in [-0.25, -0.2) is 14.6 Å². The summed E-state index contributed by atoms with van der Waals surface area (Å²) in [5.41, 5.74) is 1.66. The van der Waals surface area contributed by atoms with Crippen molar-refractivity contribution >= 4 is 49.5 Å². The molecule has 2 atom stereocenters. The molecule has 3 N–H and O–H groups in total. The molecular weight excluding hydrogens is 637 g/mol. The van der Waals surface area contributed by atoms with Gasteiger partial charge in [0.2, 0.25) is 5.91 Å². The van der Waals surface area contributed by atoms with Gasteiger partial charge in [0.25, 0.3) is 5.91 Å². The predicted molar refractivity (Wildman–Crippen MR) is 173 cm³/mol. The number of nitrogens with zero attached hydrogens (tertiary/aromatic N) is 1. The Morgan fingerprint density at radius 2 is 1.61 bits per heavy atom. The van der Waals surface area contributed by atoms with Gasteiger partial charge in [-0.1, -0.05) is 45.0 Å². The van der Waals surface area contributed by atoms with E-state index in [1.54, 1.807) is 5.38 Å². The average molecular weight is 681 g/mol. The van der Waals surface area contributed by atoms with Crippen LogP contribution in [0, 0.1) is 0 Å². The lowest BCUT2D eigenvalue weighted by Gasteiger charge is -2.37. The van der Waals surface area contributed by atoms with Crippen LogP contribution >= 0.6 is 11.3 Å². The first-order chi connectivity index (χ1) is 21.6. The van der Waals surface area contributed by atoms with Crippen molar-refractivity contribution in [3.05, 3.63) is 40.9 Å². The summed E-state index contributed by atoms with van der Waals surface area (Å²) in [5.74, 6) is -2.81.